The maximum absolute atomic E-state index is 13.6. The standard InChI is InChI=1S/C18H19FN2O2/c1-23-17-7-6-13(19)10-12(17)11-21-9-8-15(18(20)22)14-4-2-3-5-16(14)21/h2-7,10,15H,8-9,11H2,1H3,(H2,20,22)/t15-/m1/s1. The van der Waals surface area contributed by atoms with Gasteiger partial charge >= 0.3 is 0 Å². The molecule has 4 nitrogen and oxygen atoms in total. The van der Waals surface area contributed by atoms with Crippen molar-refractivity contribution in [3.05, 3.63) is 59.4 Å². The second kappa shape index (κ2) is 6.28. The lowest BCUT2D eigenvalue weighted by Gasteiger charge is -2.35. The van der Waals surface area contributed by atoms with Gasteiger partial charge in [0.2, 0.25) is 5.91 Å². The Bertz CT molecular complexity index is 733. The predicted molar refractivity (Wildman–Crippen MR) is 87.0 cm³/mol. The van der Waals surface area contributed by atoms with E-state index >= 15 is 0 Å². The third kappa shape index (κ3) is 2.99. The van der Waals surface area contributed by atoms with Crippen molar-refractivity contribution < 1.29 is 13.9 Å². The second-order valence-corrected chi connectivity index (χ2v) is 5.68. The fourth-order valence-corrected chi connectivity index (χ4v) is 3.17. The molecule has 2 aromatic carbocycles. The number of benzene rings is 2. The second-order valence-electron chi connectivity index (χ2n) is 5.68. The molecular formula is C18H19FN2O2. The Labute approximate surface area is 134 Å². The third-order valence-corrected chi connectivity index (χ3v) is 4.29. The average Bonchev–Trinajstić information content (AvgIpc) is 2.55. The van der Waals surface area contributed by atoms with Crippen LogP contribution in [0.2, 0.25) is 0 Å². The Morgan fingerprint density at radius 1 is 1.35 bits per heavy atom. The molecule has 0 aliphatic carbocycles. The highest BCUT2D eigenvalue weighted by atomic mass is 19.1. The fraction of sp³-hybridized carbons (Fsp3) is 0.278. The minimum atomic E-state index is -0.305. The van der Waals surface area contributed by atoms with Crippen molar-refractivity contribution in [2.75, 3.05) is 18.6 Å². The molecule has 0 aromatic heterocycles. The lowest BCUT2D eigenvalue weighted by Crippen LogP contribution is -2.35. The molecule has 0 radical (unpaired) electrons. The zero-order valence-electron chi connectivity index (χ0n) is 13.0. The van der Waals surface area contributed by atoms with Gasteiger partial charge < -0.3 is 15.4 Å². The van der Waals surface area contributed by atoms with Crippen LogP contribution in [0.1, 0.15) is 23.5 Å². The molecule has 2 aromatic rings. The van der Waals surface area contributed by atoms with Gasteiger partial charge in [-0.3, -0.25) is 4.79 Å². The number of methoxy groups -OCH3 is 1. The summed E-state index contributed by atoms with van der Waals surface area (Å²) in [6, 6.07) is 12.2. The molecule has 0 unspecified atom stereocenters. The van der Waals surface area contributed by atoms with Crippen molar-refractivity contribution in [1.29, 1.82) is 0 Å². The van der Waals surface area contributed by atoms with Gasteiger partial charge in [0.15, 0.2) is 0 Å². The van der Waals surface area contributed by atoms with E-state index in [4.69, 9.17) is 10.5 Å². The molecule has 1 heterocycles. The SMILES string of the molecule is COc1ccc(F)cc1CN1CC[C@@H](C(N)=O)c2ccccc21. The number of rotatable bonds is 4. The van der Waals surface area contributed by atoms with E-state index in [1.807, 2.05) is 24.3 Å². The summed E-state index contributed by atoms with van der Waals surface area (Å²) in [7, 11) is 1.57. The average molecular weight is 314 g/mol. The number of nitrogens with zero attached hydrogens (tertiary/aromatic N) is 1. The van der Waals surface area contributed by atoms with E-state index < -0.39 is 0 Å². The van der Waals surface area contributed by atoms with Crippen LogP contribution in [0, 0.1) is 5.82 Å². The zero-order chi connectivity index (χ0) is 16.4. The van der Waals surface area contributed by atoms with Crippen molar-refractivity contribution in [2.24, 2.45) is 5.73 Å². The van der Waals surface area contributed by atoms with Crippen LogP contribution in [0.3, 0.4) is 0 Å². The molecule has 23 heavy (non-hydrogen) atoms. The van der Waals surface area contributed by atoms with E-state index in [1.165, 1.54) is 12.1 Å². The quantitative estimate of drug-likeness (QED) is 0.944. The highest BCUT2D eigenvalue weighted by Gasteiger charge is 2.28. The summed E-state index contributed by atoms with van der Waals surface area (Å²) in [5.74, 6) is -0.209. The molecule has 120 valence electrons. The monoisotopic (exact) mass is 314 g/mol. The zero-order valence-corrected chi connectivity index (χ0v) is 13.0. The number of ether oxygens (including phenoxy) is 1. The summed E-state index contributed by atoms with van der Waals surface area (Å²) in [4.78, 5) is 13.8. The summed E-state index contributed by atoms with van der Waals surface area (Å²) < 4.78 is 18.9. The molecule has 2 N–H and O–H groups in total. The smallest absolute Gasteiger partial charge is 0.225 e. The number of hydrogen-bond acceptors (Lipinski definition) is 3. The van der Waals surface area contributed by atoms with Gasteiger partial charge in [-0.25, -0.2) is 4.39 Å². The van der Waals surface area contributed by atoms with Crippen LogP contribution in [0.25, 0.3) is 0 Å². The van der Waals surface area contributed by atoms with Crippen LogP contribution in [0.15, 0.2) is 42.5 Å². The van der Waals surface area contributed by atoms with Crippen LogP contribution in [0.5, 0.6) is 5.75 Å². The van der Waals surface area contributed by atoms with Crippen LogP contribution in [0.4, 0.5) is 10.1 Å². The maximum atomic E-state index is 13.6. The predicted octanol–water partition coefficient (Wildman–Crippen LogP) is 2.81. The fourth-order valence-electron chi connectivity index (χ4n) is 3.17. The normalized spacial score (nSPS) is 16.8. The summed E-state index contributed by atoms with van der Waals surface area (Å²) in [5, 5.41) is 0. The molecule has 0 spiro atoms. The summed E-state index contributed by atoms with van der Waals surface area (Å²) in [6.07, 6.45) is 0.657. The summed E-state index contributed by atoms with van der Waals surface area (Å²) in [5.41, 5.74) is 8.19. The topological polar surface area (TPSA) is 55.6 Å². The number of anilines is 1. The first-order chi connectivity index (χ1) is 11.1. The summed E-state index contributed by atoms with van der Waals surface area (Å²) >= 11 is 0. The van der Waals surface area contributed by atoms with Gasteiger partial charge in [-0.05, 0) is 36.2 Å². The number of nitrogens with two attached hydrogens (primary N) is 1. The summed E-state index contributed by atoms with van der Waals surface area (Å²) in [6.45, 7) is 1.20. The van der Waals surface area contributed by atoms with E-state index in [-0.39, 0.29) is 17.6 Å². The Morgan fingerprint density at radius 3 is 2.87 bits per heavy atom. The van der Waals surface area contributed by atoms with E-state index in [1.54, 1.807) is 13.2 Å². The molecule has 1 aliphatic heterocycles. The molecule has 0 saturated heterocycles. The number of carbonyl (C=O) groups is 1. The van der Waals surface area contributed by atoms with E-state index in [0.717, 1.165) is 16.8 Å². The first kappa shape index (κ1) is 15.3. The lowest BCUT2D eigenvalue weighted by molar-refractivity contribution is -0.119. The van der Waals surface area contributed by atoms with Crippen molar-refractivity contribution in [3.63, 3.8) is 0 Å². The molecule has 1 amide bonds. The van der Waals surface area contributed by atoms with Gasteiger partial charge in [-0.1, -0.05) is 18.2 Å². The Morgan fingerprint density at radius 2 is 2.13 bits per heavy atom. The van der Waals surface area contributed by atoms with Crippen molar-refractivity contribution >= 4 is 11.6 Å². The van der Waals surface area contributed by atoms with Crippen LogP contribution in [-0.4, -0.2) is 19.6 Å². The number of para-hydroxylation sites is 1. The van der Waals surface area contributed by atoms with Gasteiger partial charge in [0, 0.05) is 24.3 Å². The van der Waals surface area contributed by atoms with E-state index in [2.05, 4.69) is 4.90 Å². The third-order valence-electron chi connectivity index (χ3n) is 4.29. The van der Waals surface area contributed by atoms with Gasteiger partial charge in [0.25, 0.3) is 0 Å². The number of hydrogen-bond donors (Lipinski definition) is 1. The number of primary amides is 1. The van der Waals surface area contributed by atoms with Crippen molar-refractivity contribution in [2.45, 2.75) is 18.9 Å². The largest absolute Gasteiger partial charge is 0.496 e. The van der Waals surface area contributed by atoms with Gasteiger partial charge in [0.1, 0.15) is 11.6 Å². The van der Waals surface area contributed by atoms with Crippen molar-refractivity contribution in [3.8, 4) is 5.75 Å². The molecule has 0 saturated carbocycles. The van der Waals surface area contributed by atoms with Crippen LogP contribution in [-0.2, 0) is 11.3 Å². The van der Waals surface area contributed by atoms with Crippen molar-refractivity contribution in [1.82, 2.24) is 0 Å². The molecule has 1 atom stereocenters. The number of halogens is 1. The Hall–Kier alpha value is -2.56. The highest BCUT2D eigenvalue weighted by Crippen LogP contribution is 2.36. The minimum Gasteiger partial charge on any atom is -0.496 e. The molecule has 1 aliphatic rings. The van der Waals surface area contributed by atoms with Gasteiger partial charge in [0.05, 0.1) is 13.0 Å². The molecule has 0 fully saturated rings. The van der Waals surface area contributed by atoms with E-state index in [0.29, 0.717) is 25.3 Å². The minimum absolute atomic E-state index is 0.267. The highest BCUT2D eigenvalue weighted by molar-refractivity contribution is 5.85. The molecular weight excluding hydrogens is 295 g/mol. The van der Waals surface area contributed by atoms with Crippen LogP contribution >= 0.6 is 0 Å². The first-order valence-electron chi connectivity index (χ1n) is 7.55. The van der Waals surface area contributed by atoms with Gasteiger partial charge in [-0.15, -0.1) is 0 Å². The Balaban J connectivity index is 1.94. The lowest BCUT2D eigenvalue weighted by atomic mass is 9.89. The number of fused-ring (bicyclic) bond motifs is 1. The van der Waals surface area contributed by atoms with Crippen LogP contribution < -0.4 is 15.4 Å². The molecule has 5 heteroatoms. The maximum Gasteiger partial charge on any atom is 0.225 e. The molecule has 3 rings (SSSR count). The first-order valence-corrected chi connectivity index (χ1v) is 7.55. The van der Waals surface area contributed by atoms with E-state index in [9.17, 15) is 9.18 Å². The molecule has 0 bridgehead atoms. The number of carbonyl (C=O) groups excluding carboxylic acids is 1. The Kier molecular flexibility index (Phi) is 4.19. The van der Waals surface area contributed by atoms with Gasteiger partial charge in [-0.2, -0.15) is 0 Å². The number of amides is 1.